The van der Waals surface area contributed by atoms with Gasteiger partial charge in [0.05, 0.1) is 18.2 Å². The minimum atomic E-state index is -0.361. The summed E-state index contributed by atoms with van der Waals surface area (Å²) < 4.78 is 18.8. The summed E-state index contributed by atoms with van der Waals surface area (Å²) in [4.78, 5) is 0. The first-order valence-corrected chi connectivity index (χ1v) is 6.35. The van der Waals surface area contributed by atoms with Gasteiger partial charge in [-0.05, 0) is 50.5 Å². The fourth-order valence-electron chi connectivity index (χ4n) is 2.55. The molecule has 0 unspecified atom stereocenters. The van der Waals surface area contributed by atoms with Crippen molar-refractivity contribution in [3.8, 4) is 0 Å². The second kappa shape index (κ2) is 5.24. The highest BCUT2D eigenvalue weighted by Crippen LogP contribution is 2.37. The van der Waals surface area contributed by atoms with Gasteiger partial charge < -0.3 is 15.2 Å². The second-order valence-electron chi connectivity index (χ2n) is 5.07. The topological polar surface area (TPSA) is 41.5 Å². The van der Waals surface area contributed by atoms with Gasteiger partial charge in [-0.15, -0.1) is 0 Å². The molecule has 1 aliphatic rings. The zero-order valence-electron chi connectivity index (χ0n) is 10.9. The zero-order chi connectivity index (χ0) is 13.2. The van der Waals surface area contributed by atoms with Crippen molar-refractivity contribution in [3.63, 3.8) is 0 Å². The molecule has 0 saturated heterocycles. The molecule has 100 valence electrons. The number of anilines is 1. The van der Waals surface area contributed by atoms with Crippen molar-refractivity contribution in [2.75, 3.05) is 18.5 Å². The molecule has 0 aliphatic heterocycles. The Morgan fingerprint density at radius 3 is 2.72 bits per heavy atom. The number of aliphatic hydroxyl groups is 1. The smallest absolute Gasteiger partial charge is 0.125 e. The van der Waals surface area contributed by atoms with Crippen LogP contribution in [0.25, 0.3) is 0 Å². The highest BCUT2D eigenvalue weighted by Gasteiger charge is 2.44. The van der Waals surface area contributed by atoms with E-state index >= 15 is 0 Å². The lowest BCUT2D eigenvalue weighted by molar-refractivity contribution is -0.0458. The molecule has 0 spiro atoms. The van der Waals surface area contributed by atoms with E-state index in [1.54, 1.807) is 0 Å². The number of nitrogens with one attached hydrogen (secondary N) is 1. The van der Waals surface area contributed by atoms with Crippen LogP contribution in [0.3, 0.4) is 0 Å². The Morgan fingerprint density at radius 2 is 2.17 bits per heavy atom. The van der Waals surface area contributed by atoms with Crippen LogP contribution in [-0.4, -0.2) is 30.0 Å². The predicted octanol–water partition coefficient (Wildman–Crippen LogP) is 2.48. The van der Waals surface area contributed by atoms with E-state index in [0.717, 1.165) is 24.1 Å². The Hall–Kier alpha value is -1.13. The van der Waals surface area contributed by atoms with E-state index in [9.17, 15) is 9.50 Å². The third kappa shape index (κ3) is 2.82. The van der Waals surface area contributed by atoms with Crippen molar-refractivity contribution < 1.29 is 14.2 Å². The molecular formula is C14H20FNO2. The maximum atomic E-state index is 13.3. The summed E-state index contributed by atoms with van der Waals surface area (Å²) in [6, 6.07) is 4.83. The van der Waals surface area contributed by atoms with E-state index in [0.29, 0.717) is 6.61 Å². The van der Waals surface area contributed by atoms with E-state index in [2.05, 4.69) is 5.32 Å². The summed E-state index contributed by atoms with van der Waals surface area (Å²) in [5.41, 5.74) is 1.22. The van der Waals surface area contributed by atoms with Gasteiger partial charge in [0.15, 0.2) is 0 Å². The van der Waals surface area contributed by atoms with E-state index in [1.165, 1.54) is 12.1 Å². The van der Waals surface area contributed by atoms with Crippen LogP contribution in [0.4, 0.5) is 10.1 Å². The third-order valence-electron chi connectivity index (χ3n) is 3.39. The summed E-state index contributed by atoms with van der Waals surface area (Å²) in [6.45, 7) is 4.53. The minimum Gasteiger partial charge on any atom is -0.394 e. The average Bonchev–Trinajstić information content (AvgIpc) is 2.24. The molecule has 0 aromatic heterocycles. The van der Waals surface area contributed by atoms with Crippen molar-refractivity contribution in [2.45, 2.75) is 38.3 Å². The van der Waals surface area contributed by atoms with Crippen molar-refractivity contribution in [1.29, 1.82) is 0 Å². The molecule has 1 saturated carbocycles. The van der Waals surface area contributed by atoms with Crippen LogP contribution >= 0.6 is 0 Å². The van der Waals surface area contributed by atoms with Gasteiger partial charge in [-0.2, -0.15) is 0 Å². The molecule has 0 heterocycles. The van der Waals surface area contributed by atoms with Crippen molar-refractivity contribution in [3.05, 3.63) is 29.6 Å². The quantitative estimate of drug-likeness (QED) is 0.847. The Bertz CT molecular complexity index is 396. The number of ether oxygens (including phenoxy) is 1. The van der Waals surface area contributed by atoms with Gasteiger partial charge in [0, 0.05) is 12.3 Å². The normalized spacial score (nSPS) is 26.8. The SMILES string of the molecule is CCOC1CC(CO)(Nc2cc(C)cc(F)c2)C1. The molecule has 2 rings (SSSR count). The van der Waals surface area contributed by atoms with Crippen LogP contribution in [0.1, 0.15) is 25.3 Å². The molecule has 18 heavy (non-hydrogen) atoms. The summed E-state index contributed by atoms with van der Waals surface area (Å²) >= 11 is 0. The molecule has 1 aliphatic carbocycles. The van der Waals surface area contributed by atoms with Gasteiger partial charge >= 0.3 is 0 Å². The van der Waals surface area contributed by atoms with Crippen molar-refractivity contribution >= 4 is 5.69 Å². The summed E-state index contributed by atoms with van der Waals surface area (Å²) in [6.07, 6.45) is 1.71. The molecule has 0 radical (unpaired) electrons. The predicted molar refractivity (Wildman–Crippen MR) is 69.2 cm³/mol. The number of aliphatic hydroxyl groups excluding tert-OH is 1. The summed E-state index contributed by atoms with van der Waals surface area (Å²) in [5, 5.41) is 12.8. The standard InChI is InChI=1S/C14H20FNO2/c1-3-18-13-7-14(8-13,9-17)16-12-5-10(2)4-11(15)6-12/h4-6,13,16-17H,3,7-9H2,1-2H3. The van der Waals surface area contributed by atoms with Crippen LogP contribution in [0.2, 0.25) is 0 Å². The fraction of sp³-hybridized carbons (Fsp3) is 0.571. The Labute approximate surface area is 107 Å². The van der Waals surface area contributed by atoms with Crippen LogP contribution in [0, 0.1) is 12.7 Å². The monoisotopic (exact) mass is 253 g/mol. The molecule has 1 aromatic rings. The highest BCUT2D eigenvalue weighted by molar-refractivity contribution is 5.49. The Balaban J connectivity index is 2.03. The Morgan fingerprint density at radius 1 is 1.44 bits per heavy atom. The van der Waals surface area contributed by atoms with Crippen molar-refractivity contribution in [1.82, 2.24) is 0 Å². The molecule has 3 nitrogen and oxygen atoms in total. The number of hydrogen-bond acceptors (Lipinski definition) is 3. The lowest BCUT2D eigenvalue weighted by Gasteiger charge is -2.47. The van der Waals surface area contributed by atoms with Gasteiger partial charge in [-0.25, -0.2) is 4.39 Å². The number of benzene rings is 1. The third-order valence-corrected chi connectivity index (χ3v) is 3.39. The lowest BCUT2D eigenvalue weighted by Crippen LogP contribution is -2.56. The maximum absolute atomic E-state index is 13.3. The molecule has 1 fully saturated rings. The second-order valence-corrected chi connectivity index (χ2v) is 5.07. The molecule has 0 bridgehead atoms. The molecule has 1 aromatic carbocycles. The van der Waals surface area contributed by atoms with Gasteiger partial charge in [0.2, 0.25) is 0 Å². The zero-order valence-corrected chi connectivity index (χ0v) is 10.9. The first-order chi connectivity index (χ1) is 8.57. The van der Waals surface area contributed by atoms with E-state index in [4.69, 9.17) is 4.74 Å². The summed E-state index contributed by atoms with van der Waals surface area (Å²) in [7, 11) is 0. The van der Waals surface area contributed by atoms with Crippen LogP contribution < -0.4 is 5.32 Å². The summed E-state index contributed by atoms with van der Waals surface area (Å²) in [5.74, 6) is -0.258. The molecular weight excluding hydrogens is 233 g/mol. The largest absolute Gasteiger partial charge is 0.394 e. The van der Waals surface area contributed by atoms with Crippen LogP contribution in [-0.2, 0) is 4.74 Å². The molecule has 0 atom stereocenters. The van der Waals surface area contributed by atoms with Crippen molar-refractivity contribution in [2.24, 2.45) is 0 Å². The Kier molecular flexibility index (Phi) is 3.88. The van der Waals surface area contributed by atoms with Gasteiger partial charge in [0.1, 0.15) is 5.82 Å². The average molecular weight is 253 g/mol. The van der Waals surface area contributed by atoms with Gasteiger partial charge in [0.25, 0.3) is 0 Å². The number of halogens is 1. The van der Waals surface area contributed by atoms with E-state index in [-0.39, 0.29) is 24.1 Å². The van der Waals surface area contributed by atoms with E-state index < -0.39 is 0 Å². The molecule has 2 N–H and O–H groups in total. The first kappa shape index (κ1) is 13.3. The molecule has 4 heteroatoms. The van der Waals surface area contributed by atoms with Crippen LogP contribution in [0.5, 0.6) is 0 Å². The van der Waals surface area contributed by atoms with Gasteiger partial charge in [-0.1, -0.05) is 0 Å². The first-order valence-electron chi connectivity index (χ1n) is 6.35. The number of hydrogen-bond donors (Lipinski definition) is 2. The lowest BCUT2D eigenvalue weighted by atomic mass is 9.74. The minimum absolute atomic E-state index is 0.0339. The van der Waals surface area contributed by atoms with Gasteiger partial charge in [-0.3, -0.25) is 0 Å². The highest BCUT2D eigenvalue weighted by atomic mass is 19.1. The van der Waals surface area contributed by atoms with E-state index in [1.807, 2.05) is 19.9 Å². The number of rotatable bonds is 5. The number of aryl methyl sites for hydroxylation is 1. The van der Waals surface area contributed by atoms with Crippen LogP contribution in [0.15, 0.2) is 18.2 Å². The fourth-order valence-corrected chi connectivity index (χ4v) is 2.55. The molecule has 0 amide bonds. The maximum Gasteiger partial charge on any atom is 0.125 e.